The first-order valence-corrected chi connectivity index (χ1v) is 8.37. The van der Waals surface area contributed by atoms with Gasteiger partial charge in [0.25, 0.3) is 11.5 Å². The predicted octanol–water partition coefficient (Wildman–Crippen LogP) is 2.11. The average Bonchev–Trinajstić information content (AvgIpc) is 2.99. The number of carbonyl (C=O) groups excluding carboxylic acids is 1. The minimum Gasteiger partial charge on any atom is -0.501 e. The Bertz CT molecular complexity index is 926. The van der Waals surface area contributed by atoms with Gasteiger partial charge >= 0.3 is 0 Å². The summed E-state index contributed by atoms with van der Waals surface area (Å²) in [6.07, 6.45) is -0.376. The molecule has 6 nitrogen and oxygen atoms in total. The molecule has 0 unspecified atom stereocenters. The van der Waals surface area contributed by atoms with Crippen LogP contribution in [0, 0.1) is 5.82 Å². The molecule has 0 amide bonds. The third-order valence-corrected chi connectivity index (χ3v) is 4.54. The highest BCUT2D eigenvalue weighted by atomic mass is 19.3. The summed E-state index contributed by atoms with van der Waals surface area (Å²) in [6, 6.07) is 4.67. The van der Waals surface area contributed by atoms with Crippen molar-refractivity contribution in [3.05, 3.63) is 57.5 Å². The molecule has 9 heteroatoms. The van der Waals surface area contributed by atoms with Crippen LogP contribution in [-0.4, -0.2) is 32.9 Å². The Morgan fingerprint density at radius 1 is 1.37 bits per heavy atom. The molecule has 0 radical (unpaired) electrons. The van der Waals surface area contributed by atoms with Crippen molar-refractivity contribution in [3.8, 4) is 5.75 Å². The molecule has 1 fully saturated rings. The fourth-order valence-corrected chi connectivity index (χ4v) is 3.04. The molecule has 1 aliphatic rings. The third-order valence-electron chi connectivity index (χ3n) is 4.54. The van der Waals surface area contributed by atoms with E-state index in [4.69, 9.17) is 0 Å². The van der Waals surface area contributed by atoms with Crippen molar-refractivity contribution in [1.29, 1.82) is 0 Å². The van der Waals surface area contributed by atoms with E-state index in [0.717, 1.165) is 4.57 Å². The van der Waals surface area contributed by atoms with Crippen LogP contribution in [0.15, 0.2) is 29.1 Å². The monoisotopic (exact) mass is 381 g/mol. The summed E-state index contributed by atoms with van der Waals surface area (Å²) in [5.41, 5.74) is -0.611. The van der Waals surface area contributed by atoms with E-state index in [1.807, 2.05) is 0 Å². The Kier molecular flexibility index (Phi) is 5.05. The Morgan fingerprint density at radius 3 is 2.63 bits per heavy atom. The summed E-state index contributed by atoms with van der Waals surface area (Å²) < 4.78 is 40.8. The number of carbonyl (C=O) groups is 1. The average molecular weight is 381 g/mol. The first-order valence-electron chi connectivity index (χ1n) is 8.37. The molecule has 144 valence electrons. The van der Waals surface area contributed by atoms with Gasteiger partial charge in [-0.2, -0.15) is 0 Å². The summed E-state index contributed by atoms with van der Waals surface area (Å²) in [5.74, 6) is -4.77. The van der Waals surface area contributed by atoms with Gasteiger partial charge < -0.3 is 10.4 Å². The highest BCUT2D eigenvalue weighted by molar-refractivity contribution is 5.96. The first kappa shape index (κ1) is 19.1. The number of Topliss-reactive ketones (excluding diaryl/α,β-unsaturated/α-hetero) is 1. The molecular weight excluding hydrogens is 363 g/mol. The minimum absolute atomic E-state index is 0.0277. The number of aryl methyl sites for hydroxylation is 1. The quantitative estimate of drug-likeness (QED) is 0.775. The summed E-state index contributed by atoms with van der Waals surface area (Å²) in [5, 5.41) is 12.6. The molecule has 2 aromatic rings. The number of nitrogens with one attached hydrogen (secondary N) is 1. The molecule has 3 rings (SSSR count). The van der Waals surface area contributed by atoms with Gasteiger partial charge in [0, 0.05) is 19.9 Å². The molecule has 2 heterocycles. The van der Waals surface area contributed by atoms with Crippen LogP contribution in [0.2, 0.25) is 0 Å². The number of nitrogens with zero attached hydrogens (tertiary/aromatic N) is 2. The lowest BCUT2D eigenvalue weighted by Gasteiger charge is -2.16. The Morgan fingerprint density at radius 2 is 2.04 bits per heavy atom. The minimum atomic E-state index is -2.94. The highest BCUT2D eigenvalue weighted by Gasteiger charge is 2.41. The largest absolute Gasteiger partial charge is 0.501 e. The SMILES string of the molecule is Cn1c([C@@H]2CC(F)(F)CN2)nc(C(=O)CCc2ccc(F)cc2)c(O)c1=O. The fourth-order valence-electron chi connectivity index (χ4n) is 3.04. The van der Waals surface area contributed by atoms with E-state index >= 15 is 0 Å². The molecule has 1 aliphatic heterocycles. The second kappa shape index (κ2) is 7.15. The maximum Gasteiger partial charge on any atom is 0.296 e. The van der Waals surface area contributed by atoms with Gasteiger partial charge in [0.1, 0.15) is 11.6 Å². The van der Waals surface area contributed by atoms with Gasteiger partial charge in [-0.15, -0.1) is 0 Å². The lowest BCUT2D eigenvalue weighted by molar-refractivity contribution is 0.0206. The second-order valence-electron chi connectivity index (χ2n) is 6.57. The molecule has 1 aromatic heterocycles. The standard InChI is InChI=1S/C18H18F3N3O3/c1-24-16(12-8-18(20,21)9-22-12)23-14(15(26)17(24)27)13(25)7-4-10-2-5-11(19)6-3-10/h2-3,5-6,12,22,26H,4,7-9H2,1H3/t12-/m0/s1. The van der Waals surface area contributed by atoms with Crippen molar-refractivity contribution in [1.82, 2.24) is 14.9 Å². The molecule has 0 saturated carbocycles. The zero-order valence-corrected chi connectivity index (χ0v) is 14.5. The lowest BCUT2D eigenvalue weighted by Crippen LogP contribution is -2.29. The number of benzene rings is 1. The van der Waals surface area contributed by atoms with E-state index in [0.29, 0.717) is 5.56 Å². The lowest BCUT2D eigenvalue weighted by atomic mass is 10.1. The Labute approximate surface area is 152 Å². The van der Waals surface area contributed by atoms with Crippen LogP contribution in [0.5, 0.6) is 5.75 Å². The summed E-state index contributed by atoms with van der Waals surface area (Å²) >= 11 is 0. The van der Waals surface area contributed by atoms with Crippen LogP contribution < -0.4 is 10.9 Å². The van der Waals surface area contributed by atoms with Crippen molar-refractivity contribution in [2.75, 3.05) is 6.54 Å². The van der Waals surface area contributed by atoms with E-state index in [1.54, 1.807) is 0 Å². The molecule has 27 heavy (non-hydrogen) atoms. The molecule has 1 saturated heterocycles. The molecule has 0 bridgehead atoms. The van der Waals surface area contributed by atoms with Crippen LogP contribution in [0.4, 0.5) is 13.2 Å². The number of rotatable bonds is 5. The first-order chi connectivity index (χ1) is 12.7. The second-order valence-corrected chi connectivity index (χ2v) is 6.57. The third kappa shape index (κ3) is 4.02. The van der Waals surface area contributed by atoms with E-state index < -0.39 is 53.5 Å². The zero-order valence-electron chi connectivity index (χ0n) is 14.5. The van der Waals surface area contributed by atoms with Gasteiger partial charge in [-0.3, -0.25) is 14.2 Å². The molecule has 2 N–H and O–H groups in total. The maximum absolute atomic E-state index is 13.5. The molecule has 0 spiro atoms. The van der Waals surface area contributed by atoms with Crippen molar-refractivity contribution in [3.63, 3.8) is 0 Å². The number of aromatic hydroxyl groups is 1. The van der Waals surface area contributed by atoms with Gasteiger partial charge in [-0.25, -0.2) is 18.2 Å². The topological polar surface area (TPSA) is 84.2 Å². The number of aromatic nitrogens is 2. The number of hydrogen-bond donors (Lipinski definition) is 2. The molecule has 0 aliphatic carbocycles. The normalized spacial score (nSPS) is 18.6. The van der Waals surface area contributed by atoms with Gasteiger partial charge in [0.15, 0.2) is 11.5 Å². The van der Waals surface area contributed by atoms with Crippen LogP contribution in [-0.2, 0) is 13.5 Å². The Hall–Kier alpha value is -2.68. The van der Waals surface area contributed by atoms with Crippen molar-refractivity contribution >= 4 is 5.78 Å². The zero-order chi connectivity index (χ0) is 19.8. The van der Waals surface area contributed by atoms with Gasteiger partial charge in [-0.05, 0) is 24.1 Å². The Balaban J connectivity index is 1.85. The van der Waals surface area contributed by atoms with E-state index in [9.17, 15) is 27.9 Å². The number of halogens is 3. The van der Waals surface area contributed by atoms with Gasteiger partial charge in [0.05, 0.1) is 12.6 Å². The fraction of sp³-hybridized carbons (Fsp3) is 0.389. The summed E-state index contributed by atoms with van der Waals surface area (Å²) in [4.78, 5) is 28.7. The van der Waals surface area contributed by atoms with Crippen LogP contribution in [0.3, 0.4) is 0 Å². The van der Waals surface area contributed by atoms with Crippen LogP contribution >= 0.6 is 0 Å². The summed E-state index contributed by atoms with van der Waals surface area (Å²) in [7, 11) is 1.30. The van der Waals surface area contributed by atoms with Gasteiger partial charge in [0.2, 0.25) is 5.75 Å². The van der Waals surface area contributed by atoms with Crippen molar-refractivity contribution in [2.45, 2.75) is 31.2 Å². The van der Waals surface area contributed by atoms with Crippen LogP contribution in [0.25, 0.3) is 0 Å². The summed E-state index contributed by atoms with van der Waals surface area (Å²) in [6.45, 7) is -0.553. The predicted molar refractivity (Wildman–Crippen MR) is 90.5 cm³/mol. The van der Waals surface area contributed by atoms with E-state index in [-0.39, 0.29) is 18.7 Å². The van der Waals surface area contributed by atoms with Crippen molar-refractivity contribution < 1.29 is 23.1 Å². The molecular formula is C18H18F3N3O3. The maximum atomic E-state index is 13.5. The number of alkyl halides is 2. The van der Waals surface area contributed by atoms with Gasteiger partial charge in [-0.1, -0.05) is 12.1 Å². The number of hydrogen-bond acceptors (Lipinski definition) is 5. The highest BCUT2D eigenvalue weighted by Crippen LogP contribution is 2.33. The van der Waals surface area contributed by atoms with E-state index in [1.165, 1.54) is 31.3 Å². The van der Waals surface area contributed by atoms with E-state index in [2.05, 4.69) is 10.3 Å². The molecule has 1 aromatic carbocycles. The molecule has 1 atom stereocenters. The smallest absolute Gasteiger partial charge is 0.296 e. The number of ketones is 1. The van der Waals surface area contributed by atoms with Crippen LogP contribution in [0.1, 0.15) is 40.8 Å². The van der Waals surface area contributed by atoms with Crippen molar-refractivity contribution in [2.24, 2.45) is 7.05 Å².